The van der Waals surface area contributed by atoms with Crippen LogP contribution in [0.2, 0.25) is 0 Å². The van der Waals surface area contributed by atoms with Crippen molar-refractivity contribution in [2.24, 2.45) is 5.41 Å². The SMILES string of the molecule is CCC(C)(CC(F)(F)F)CC(F)(F)F. The Hall–Kier alpha value is -0.420. The quantitative estimate of drug-likeness (QED) is 0.624. The fraction of sp³-hybridized carbons (Fsp3) is 1.00. The highest BCUT2D eigenvalue weighted by atomic mass is 19.4. The van der Waals surface area contributed by atoms with Crippen LogP contribution < -0.4 is 0 Å². The fourth-order valence-corrected chi connectivity index (χ4v) is 1.28. The van der Waals surface area contributed by atoms with Gasteiger partial charge in [-0.25, -0.2) is 0 Å². The molecular formula is C8H12F6. The van der Waals surface area contributed by atoms with Crippen molar-refractivity contribution in [1.29, 1.82) is 0 Å². The average molecular weight is 222 g/mol. The van der Waals surface area contributed by atoms with E-state index in [-0.39, 0.29) is 6.42 Å². The van der Waals surface area contributed by atoms with Crippen LogP contribution in [0.3, 0.4) is 0 Å². The Morgan fingerprint density at radius 1 is 0.786 bits per heavy atom. The monoisotopic (exact) mass is 222 g/mol. The maximum Gasteiger partial charge on any atom is 0.389 e. The molecule has 0 aromatic carbocycles. The minimum Gasteiger partial charge on any atom is -0.171 e. The molecule has 6 heteroatoms. The lowest BCUT2D eigenvalue weighted by Gasteiger charge is -2.30. The highest BCUT2D eigenvalue weighted by Crippen LogP contribution is 2.43. The molecule has 0 saturated carbocycles. The normalized spacial score (nSPS) is 14.6. The third-order valence-corrected chi connectivity index (χ3v) is 2.11. The summed E-state index contributed by atoms with van der Waals surface area (Å²) < 4.78 is 71.7. The molecule has 14 heavy (non-hydrogen) atoms. The lowest BCUT2D eigenvalue weighted by molar-refractivity contribution is -0.192. The Morgan fingerprint density at radius 2 is 1.07 bits per heavy atom. The molecule has 0 fully saturated rings. The van der Waals surface area contributed by atoms with E-state index in [2.05, 4.69) is 0 Å². The van der Waals surface area contributed by atoms with Crippen LogP contribution in [0.1, 0.15) is 33.1 Å². The van der Waals surface area contributed by atoms with E-state index in [4.69, 9.17) is 0 Å². The maximum absolute atomic E-state index is 11.9. The number of hydrogen-bond acceptors (Lipinski definition) is 0. The molecule has 0 N–H and O–H groups in total. The van der Waals surface area contributed by atoms with Crippen LogP contribution in [0.4, 0.5) is 26.3 Å². The summed E-state index contributed by atoms with van der Waals surface area (Å²) in [6, 6.07) is 0. The molecule has 0 saturated heterocycles. The first-order valence-electron chi connectivity index (χ1n) is 4.11. The molecular weight excluding hydrogens is 210 g/mol. The molecule has 0 bridgehead atoms. The van der Waals surface area contributed by atoms with Crippen molar-refractivity contribution in [2.45, 2.75) is 45.5 Å². The Balaban J connectivity index is 4.49. The van der Waals surface area contributed by atoms with Gasteiger partial charge in [0.25, 0.3) is 0 Å². The highest BCUT2D eigenvalue weighted by molar-refractivity contribution is 4.79. The number of rotatable bonds is 3. The van der Waals surface area contributed by atoms with E-state index >= 15 is 0 Å². The molecule has 0 nitrogen and oxygen atoms in total. The van der Waals surface area contributed by atoms with Crippen LogP contribution in [0, 0.1) is 5.41 Å². The topological polar surface area (TPSA) is 0 Å². The van der Waals surface area contributed by atoms with Gasteiger partial charge in [-0.3, -0.25) is 0 Å². The number of hydrogen-bond donors (Lipinski definition) is 0. The summed E-state index contributed by atoms with van der Waals surface area (Å²) in [6.45, 7) is 2.34. The van der Waals surface area contributed by atoms with E-state index < -0.39 is 30.6 Å². The van der Waals surface area contributed by atoms with Crippen molar-refractivity contribution < 1.29 is 26.3 Å². The van der Waals surface area contributed by atoms with Gasteiger partial charge in [-0.2, -0.15) is 26.3 Å². The molecule has 0 aliphatic rings. The summed E-state index contributed by atoms with van der Waals surface area (Å²) in [7, 11) is 0. The Kier molecular flexibility index (Phi) is 3.86. The summed E-state index contributed by atoms with van der Waals surface area (Å²) in [4.78, 5) is 0. The summed E-state index contributed by atoms with van der Waals surface area (Å²) in [5, 5.41) is 0. The highest BCUT2D eigenvalue weighted by Gasteiger charge is 2.44. The molecule has 0 unspecified atom stereocenters. The largest absolute Gasteiger partial charge is 0.389 e. The molecule has 0 radical (unpaired) electrons. The molecule has 0 aliphatic heterocycles. The Labute approximate surface area is 78.3 Å². The minimum atomic E-state index is -4.55. The standard InChI is InChI=1S/C8H12F6/c1-3-6(2,4-7(9,10)11)5-8(12,13)14/h3-5H2,1-2H3. The second-order valence-electron chi connectivity index (χ2n) is 3.75. The molecule has 0 aromatic heterocycles. The van der Waals surface area contributed by atoms with Crippen LogP contribution >= 0.6 is 0 Å². The van der Waals surface area contributed by atoms with Crippen LogP contribution in [-0.2, 0) is 0 Å². The summed E-state index contributed by atoms with van der Waals surface area (Å²) in [5.41, 5.74) is -1.74. The van der Waals surface area contributed by atoms with Crippen molar-refractivity contribution in [2.75, 3.05) is 0 Å². The van der Waals surface area contributed by atoms with Crippen molar-refractivity contribution in [3.63, 3.8) is 0 Å². The average Bonchev–Trinajstić information content (AvgIpc) is 1.78. The van der Waals surface area contributed by atoms with E-state index in [0.717, 1.165) is 6.92 Å². The number of halogens is 6. The van der Waals surface area contributed by atoms with Gasteiger partial charge >= 0.3 is 12.4 Å². The first-order chi connectivity index (χ1) is 5.97. The van der Waals surface area contributed by atoms with Gasteiger partial charge < -0.3 is 0 Å². The van der Waals surface area contributed by atoms with Crippen molar-refractivity contribution >= 4 is 0 Å². The summed E-state index contributed by atoms with van der Waals surface area (Å²) in [5.74, 6) is 0. The smallest absolute Gasteiger partial charge is 0.171 e. The van der Waals surface area contributed by atoms with Crippen molar-refractivity contribution in [3.8, 4) is 0 Å². The van der Waals surface area contributed by atoms with Gasteiger partial charge in [-0.15, -0.1) is 0 Å². The van der Waals surface area contributed by atoms with Gasteiger partial charge in [0.15, 0.2) is 0 Å². The Morgan fingerprint density at radius 3 is 1.21 bits per heavy atom. The zero-order valence-corrected chi connectivity index (χ0v) is 7.89. The van der Waals surface area contributed by atoms with Gasteiger partial charge in [-0.1, -0.05) is 20.3 Å². The second-order valence-corrected chi connectivity index (χ2v) is 3.75. The first kappa shape index (κ1) is 13.6. The molecule has 0 rings (SSSR count). The van der Waals surface area contributed by atoms with Crippen molar-refractivity contribution in [3.05, 3.63) is 0 Å². The van der Waals surface area contributed by atoms with Gasteiger partial charge in [0.1, 0.15) is 0 Å². The third-order valence-electron chi connectivity index (χ3n) is 2.11. The third kappa shape index (κ3) is 6.10. The Bertz CT molecular complexity index is 161. The van der Waals surface area contributed by atoms with E-state index in [1.165, 1.54) is 6.92 Å². The summed E-state index contributed by atoms with van der Waals surface area (Å²) >= 11 is 0. The molecule has 86 valence electrons. The summed E-state index contributed by atoms with van der Waals surface area (Å²) in [6.07, 6.45) is -12.0. The predicted molar refractivity (Wildman–Crippen MR) is 39.7 cm³/mol. The molecule has 0 heterocycles. The van der Waals surface area contributed by atoms with Crippen LogP contribution in [0.5, 0.6) is 0 Å². The predicted octanol–water partition coefficient (Wildman–Crippen LogP) is 4.31. The van der Waals surface area contributed by atoms with Crippen molar-refractivity contribution in [1.82, 2.24) is 0 Å². The van der Waals surface area contributed by atoms with E-state index in [0.29, 0.717) is 0 Å². The first-order valence-corrected chi connectivity index (χ1v) is 4.11. The van der Waals surface area contributed by atoms with E-state index in [1.807, 2.05) is 0 Å². The van der Waals surface area contributed by atoms with Crippen LogP contribution in [0.15, 0.2) is 0 Å². The molecule has 0 aromatic rings. The lowest BCUT2D eigenvalue weighted by atomic mass is 9.80. The zero-order valence-electron chi connectivity index (χ0n) is 7.89. The lowest BCUT2D eigenvalue weighted by Crippen LogP contribution is -2.30. The van der Waals surface area contributed by atoms with Gasteiger partial charge in [0.05, 0.1) is 0 Å². The van der Waals surface area contributed by atoms with Crippen LogP contribution in [-0.4, -0.2) is 12.4 Å². The maximum atomic E-state index is 11.9. The molecule has 0 aliphatic carbocycles. The fourth-order valence-electron chi connectivity index (χ4n) is 1.28. The van der Waals surface area contributed by atoms with Gasteiger partial charge in [0.2, 0.25) is 0 Å². The van der Waals surface area contributed by atoms with Gasteiger partial charge in [-0.05, 0) is 5.41 Å². The molecule has 0 atom stereocenters. The molecule has 0 amide bonds. The second kappa shape index (κ2) is 3.98. The van der Waals surface area contributed by atoms with E-state index in [1.54, 1.807) is 0 Å². The van der Waals surface area contributed by atoms with Gasteiger partial charge in [0, 0.05) is 12.8 Å². The minimum absolute atomic E-state index is 0.147. The number of alkyl halides is 6. The molecule has 0 spiro atoms. The van der Waals surface area contributed by atoms with E-state index in [9.17, 15) is 26.3 Å². The van der Waals surface area contributed by atoms with Crippen LogP contribution in [0.25, 0.3) is 0 Å². The zero-order chi connectivity index (χ0) is 11.6.